The topological polar surface area (TPSA) is 30.0 Å². The zero-order chi connectivity index (χ0) is 14.5. The molecule has 0 N–H and O–H groups in total. The van der Waals surface area contributed by atoms with E-state index in [1.165, 1.54) is 25.7 Å². The monoisotopic (exact) mass is 317 g/mol. The lowest BCUT2D eigenvalue weighted by molar-refractivity contribution is -0.116. The van der Waals surface area contributed by atoms with Crippen LogP contribution in [0.25, 0.3) is 11.3 Å². The second-order valence-corrected chi connectivity index (χ2v) is 7.66. The quantitative estimate of drug-likeness (QED) is 0.780. The molecule has 0 atom stereocenters. The van der Waals surface area contributed by atoms with E-state index < -0.39 is 0 Å². The first-order chi connectivity index (χ1) is 10.3. The number of rotatable bonds is 6. The Hall–Kier alpha value is -1.13. The van der Waals surface area contributed by atoms with E-state index in [0.717, 1.165) is 16.3 Å². The van der Waals surface area contributed by atoms with Crippen LogP contribution in [-0.2, 0) is 11.2 Å². The Kier molecular flexibility index (Phi) is 5.09. The molecule has 0 spiro atoms. The third kappa shape index (κ3) is 4.17. The zero-order valence-corrected chi connectivity index (χ0v) is 13.6. The van der Waals surface area contributed by atoms with Crippen molar-refractivity contribution < 1.29 is 4.79 Å². The molecule has 4 heteroatoms. The van der Waals surface area contributed by atoms with E-state index in [0.29, 0.717) is 23.2 Å². The first-order valence-corrected chi connectivity index (χ1v) is 9.37. The summed E-state index contributed by atoms with van der Waals surface area (Å²) >= 11 is 3.43. The van der Waals surface area contributed by atoms with Crippen LogP contribution in [-0.4, -0.2) is 21.8 Å². The molecule has 21 heavy (non-hydrogen) atoms. The van der Waals surface area contributed by atoms with Gasteiger partial charge in [-0.2, -0.15) is 11.8 Å². The molecule has 0 amide bonds. The largest absolute Gasteiger partial charge is 0.298 e. The smallest absolute Gasteiger partial charge is 0.149 e. The van der Waals surface area contributed by atoms with Gasteiger partial charge in [-0.25, -0.2) is 4.98 Å². The van der Waals surface area contributed by atoms with Crippen LogP contribution in [0.3, 0.4) is 0 Å². The summed E-state index contributed by atoms with van der Waals surface area (Å²) in [5.74, 6) is 0.950. The van der Waals surface area contributed by atoms with E-state index in [-0.39, 0.29) is 0 Å². The minimum Gasteiger partial charge on any atom is -0.298 e. The first-order valence-electron chi connectivity index (χ1n) is 7.44. The number of carbonyl (C=O) groups excluding carboxylic acids is 1. The number of Topliss-reactive ketones (excluding diaryl/α,β-unsaturated/α-hetero) is 1. The number of carbonyl (C=O) groups is 1. The van der Waals surface area contributed by atoms with Crippen molar-refractivity contribution in [3.05, 3.63) is 40.7 Å². The van der Waals surface area contributed by atoms with E-state index in [9.17, 15) is 4.79 Å². The van der Waals surface area contributed by atoms with Crippen molar-refractivity contribution in [1.29, 1.82) is 0 Å². The molecule has 1 aliphatic rings. The number of hydrogen-bond acceptors (Lipinski definition) is 4. The minimum absolute atomic E-state index is 0.306. The Morgan fingerprint density at radius 3 is 2.76 bits per heavy atom. The van der Waals surface area contributed by atoms with Crippen molar-refractivity contribution in [2.24, 2.45) is 0 Å². The van der Waals surface area contributed by atoms with E-state index in [2.05, 4.69) is 17.1 Å². The third-order valence-corrected chi connectivity index (χ3v) is 6.03. The summed E-state index contributed by atoms with van der Waals surface area (Å²) in [6, 6.07) is 10.1. The summed E-state index contributed by atoms with van der Waals surface area (Å²) in [7, 11) is 0. The lowest BCUT2D eigenvalue weighted by Crippen LogP contribution is -2.08. The molecule has 2 aromatic rings. The predicted molar refractivity (Wildman–Crippen MR) is 91.0 cm³/mol. The molecule has 1 aromatic carbocycles. The van der Waals surface area contributed by atoms with Gasteiger partial charge in [-0.05, 0) is 12.8 Å². The van der Waals surface area contributed by atoms with Crippen molar-refractivity contribution in [2.75, 3.05) is 5.75 Å². The van der Waals surface area contributed by atoms with Gasteiger partial charge in [0.25, 0.3) is 0 Å². The summed E-state index contributed by atoms with van der Waals surface area (Å²) in [5.41, 5.74) is 2.10. The maximum atomic E-state index is 12.1. The maximum Gasteiger partial charge on any atom is 0.149 e. The highest BCUT2D eigenvalue weighted by Gasteiger charge is 2.17. The van der Waals surface area contributed by atoms with Crippen molar-refractivity contribution in [2.45, 2.75) is 37.4 Å². The molecule has 1 fully saturated rings. The molecule has 0 unspecified atom stereocenters. The fraction of sp³-hybridized carbons (Fsp3) is 0.412. The summed E-state index contributed by atoms with van der Waals surface area (Å²) in [6.07, 6.45) is 5.72. The van der Waals surface area contributed by atoms with Gasteiger partial charge >= 0.3 is 0 Å². The van der Waals surface area contributed by atoms with Gasteiger partial charge < -0.3 is 0 Å². The number of hydrogen-bond donors (Lipinski definition) is 0. The molecule has 1 aliphatic carbocycles. The van der Waals surface area contributed by atoms with Crippen molar-refractivity contribution in [3.63, 3.8) is 0 Å². The normalized spacial score (nSPS) is 15.4. The highest BCUT2D eigenvalue weighted by molar-refractivity contribution is 8.00. The Bertz CT molecular complexity index is 588. The third-order valence-electron chi connectivity index (χ3n) is 3.75. The molecule has 1 heterocycles. The average molecular weight is 317 g/mol. The van der Waals surface area contributed by atoms with Crippen LogP contribution in [0.4, 0.5) is 0 Å². The highest BCUT2D eigenvalue weighted by atomic mass is 32.2. The van der Waals surface area contributed by atoms with E-state index in [1.807, 2.05) is 35.3 Å². The van der Waals surface area contributed by atoms with Crippen LogP contribution in [0.2, 0.25) is 0 Å². The molecule has 1 aromatic heterocycles. The Morgan fingerprint density at radius 2 is 2.00 bits per heavy atom. The van der Waals surface area contributed by atoms with E-state index >= 15 is 0 Å². The first kappa shape index (κ1) is 14.8. The fourth-order valence-corrected chi connectivity index (χ4v) is 4.64. The van der Waals surface area contributed by atoms with Gasteiger partial charge in [-0.1, -0.05) is 43.2 Å². The molecular formula is C17H19NOS2. The van der Waals surface area contributed by atoms with Crippen LogP contribution in [0.5, 0.6) is 0 Å². The molecule has 0 aliphatic heterocycles. The number of thiazole rings is 1. The lowest BCUT2D eigenvalue weighted by atomic mass is 10.2. The summed E-state index contributed by atoms with van der Waals surface area (Å²) in [4.78, 5) is 16.6. The minimum atomic E-state index is 0.306. The molecule has 2 nitrogen and oxygen atoms in total. The molecule has 0 radical (unpaired) electrons. The average Bonchev–Trinajstić information content (AvgIpc) is 3.17. The Labute approximate surface area is 134 Å². The summed E-state index contributed by atoms with van der Waals surface area (Å²) in [6.45, 7) is 0. The molecule has 0 bridgehead atoms. The van der Waals surface area contributed by atoms with E-state index in [1.54, 1.807) is 11.3 Å². The second-order valence-electron chi connectivity index (χ2n) is 5.43. The van der Waals surface area contributed by atoms with Crippen molar-refractivity contribution >= 4 is 28.9 Å². The molecule has 3 rings (SSSR count). The second kappa shape index (κ2) is 7.23. The summed E-state index contributed by atoms with van der Waals surface area (Å²) in [5, 5.41) is 3.69. The van der Waals surface area contributed by atoms with Crippen LogP contribution in [0.15, 0.2) is 35.7 Å². The van der Waals surface area contributed by atoms with E-state index in [4.69, 9.17) is 0 Å². The number of ketones is 1. The van der Waals surface area contributed by atoms with Gasteiger partial charge in [0.2, 0.25) is 0 Å². The highest BCUT2D eigenvalue weighted by Crippen LogP contribution is 2.29. The zero-order valence-electron chi connectivity index (χ0n) is 12.0. The standard InChI is InChI=1S/C17H19NOS2/c19-14(11-20-15-8-4-5-9-15)10-17-18-16(12-21-17)13-6-2-1-3-7-13/h1-3,6-7,12,15H,4-5,8-11H2. The van der Waals surface area contributed by atoms with Gasteiger partial charge in [0, 0.05) is 16.2 Å². The number of benzene rings is 1. The van der Waals surface area contributed by atoms with Gasteiger partial charge in [-0.15, -0.1) is 11.3 Å². The van der Waals surface area contributed by atoms with Gasteiger partial charge in [0.15, 0.2) is 0 Å². The SMILES string of the molecule is O=C(CSC1CCCC1)Cc1nc(-c2ccccc2)cs1. The van der Waals surface area contributed by atoms with Crippen LogP contribution in [0, 0.1) is 0 Å². The van der Waals surface area contributed by atoms with Gasteiger partial charge in [0.05, 0.1) is 17.9 Å². The molecular weight excluding hydrogens is 298 g/mol. The number of thioether (sulfide) groups is 1. The van der Waals surface area contributed by atoms with Crippen LogP contribution < -0.4 is 0 Å². The summed E-state index contributed by atoms with van der Waals surface area (Å²) < 4.78 is 0. The van der Waals surface area contributed by atoms with Crippen LogP contribution in [0.1, 0.15) is 30.7 Å². The van der Waals surface area contributed by atoms with Crippen LogP contribution >= 0.6 is 23.1 Å². The van der Waals surface area contributed by atoms with Gasteiger partial charge in [-0.3, -0.25) is 4.79 Å². The predicted octanol–water partition coefficient (Wildman–Crippen LogP) is 4.60. The Morgan fingerprint density at radius 1 is 1.24 bits per heavy atom. The number of aromatic nitrogens is 1. The molecule has 110 valence electrons. The maximum absolute atomic E-state index is 12.1. The van der Waals surface area contributed by atoms with Crippen molar-refractivity contribution in [1.82, 2.24) is 4.98 Å². The van der Waals surface area contributed by atoms with Crippen molar-refractivity contribution in [3.8, 4) is 11.3 Å². The molecule has 0 saturated heterocycles. The fourth-order valence-electron chi connectivity index (χ4n) is 2.62. The number of nitrogens with zero attached hydrogens (tertiary/aromatic N) is 1. The Balaban J connectivity index is 1.53. The lowest BCUT2D eigenvalue weighted by Gasteiger charge is -2.06. The molecule has 1 saturated carbocycles. The van der Waals surface area contributed by atoms with Gasteiger partial charge in [0.1, 0.15) is 10.8 Å².